The number of hydrogen-bond acceptors (Lipinski definition) is 4. The molecule has 0 saturated carbocycles. The number of piperidine rings is 2. The molecule has 7 heteroatoms. The van der Waals surface area contributed by atoms with Crippen molar-refractivity contribution in [3.05, 3.63) is 23.8 Å². The summed E-state index contributed by atoms with van der Waals surface area (Å²) in [7, 11) is -2.10. The highest BCUT2D eigenvalue weighted by atomic mass is 32.2. The minimum Gasteiger partial charge on any atom is -0.496 e. The van der Waals surface area contributed by atoms with Crippen molar-refractivity contribution in [2.75, 3.05) is 33.3 Å². The molecule has 1 amide bonds. The Morgan fingerprint density at radius 3 is 2.41 bits per heavy atom. The summed E-state index contributed by atoms with van der Waals surface area (Å²) in [4.78, 5) is 15.0. The van der Waals surface area contributed by atoms with E-state index in [0.29, 0.717) is 49.3 Å². The third-order valence-electron chi connectivity index (χ3n) is 5.73. The molecule has 27 heavy (non-hydrogen) atoms. The molecule has 1 aromatic carbocycles. The van der Waals surface area contributed by atoms with Gasteiger partial charge < -0.3 is 9.64 Å². The number of methoxy groups -OCH3 is 1. The molecule has 0 radical (unpaired) electrons. The predicted molar refractivity (Wildman–Crippen MR) is 104 cm³/mol. The van der Waals surface area contributed by atoms with Crippen LogP contribution in [0.1, 0.15) is 49.9 Å². The number of amides is 1. The average molecular weight is 395 g/mol. The van der Waals surface area contributed by atoms with E-state index in [1.165, 1.54) is 13.2 Å². The molecule has 2 aliphatic rings. The Kier molecular flexibility index (Phi) is 6.11. The molecule has 0 bridgehead atoms. The summed E-state index contributed by atoms with van der Waals surface area (Å²) >= 11 is 0. The largest absolute Gasteiger partial charge is 0.496 e. The zero-order valence-electron chi connectivity index (χ0n) is 16.5. The van der Waals surface area contributed by atoms with E-state index in [2.05, 4.69) is 13.8 Å². The number of carbonyl (C=O) groups excluding carboxylic acids is 1. The topological polar surface area (TPSA) is 66.9 Å². The van der Waals surface area contributed by atoms with E-state index in [0.717, 1.165) is 25.7 Å². The van der Waals surface area contributed by atoms with Crippen LogP contribution >= 0.6 is 0 Å². The molecule has 6 nitrogen and oxygen atoms in total. The molecular formula is C20H30N2O4S. The van der Waals surface area contributed by atoms with Crippen molar-refractivity contribution in [2.45, 2.75) is 44.4 Å². The lowest BCUT2D eigenvalue weighted by molar-refractivity contribution is 0.0693. The van der Waals surface area contributed by atoms with Crippen LogP contribution in [-0.2, 0) is 10.0 Å². The maximum Gasteiger partial charge on any atom is 0.257 e. The SMILES string of the molecule is COc1ccc(S(=O)(=O)N2CCC[C@H](C)C2)cc1C(=O)N1CCC(C)CC1. The van der Waals surface area contributed by atoms with Gasteiger partial charge in [0, 0.05) is 26.2 Å². The van der Waals surface area contributed by atoms with Crippen LogP contribution in [0.3, 0.4) is 0 Å². The van der Waals surface area contributed by atoms with E-state index in [1.54, 1.807) is 21.3 Å². The Bertz CT molecular complexity index is 785. The van der Waals surface area contributed by atoms with Gasteiger partial charge in [-0.15, -0.1) is 0 Å². The quantitative estimate of drug-likeness (QED) is 0.787. The van der Waals surface area contributed by atoms with Gasteiger partial charge in [-0.2, -0.15) is 4.31 Å². The summed E-state index contributed by atoms with van der Waals surface area (Å²) in [5, 5.41) is 0. The number of rotatable bonds is 4. The van der Waals surface area contributed by atoms with Gasteiger partial charge >= 0.3 is 0 Å². The van der Waals surface area contributed by atoms with Crippen molar-refractivity contribution >= 4 is 15.9 Å². The fourth-order valence-corrected chi connectivity index (χ4v) is 5.54. The molecular weight excluding hydrogens is 364 g/mol. The van der Waals surface area contributed by atoms with Gasteiger partial charge in [0.15, 0.2) is 0 Å². The molecule has 2 fully saturated rings. The van der Waals surface area contributed by atoms with E-state index in [-0.39, 0.29) is 10.8 Å². The molecule has 1 atom stereocenters. The summed E-state index contributed by atoms with van der Waals surface area (Å²) in [6.45, 7) is 6.72. The predicted octanol–water partition coefficient (Wildman–Crippen LogP) is 2.99. The highest BCUT2D eigenvalue weighted by Crippen LogP contribution is 2.29. The van der Waals surface area contributed by atoms with Gasteiger partial charge in [-0.25, -0.2) is 8.42 Å². The number of nitrogens with zero attached hydrogens (tertiary/aromatic N) is 2. The highest BCUT2D eigenvalue weighted by Gasteiger charge is 2.31. The van der Waals surface area contributed by atoms with E-state index in [4.69, 9.17) is 4.74 Å². The highest BCUT2D eigenvalue weighted by molar-refractivity contribution is 7.89. The summed E-state index contributed by atoms with van der Waals surface area (Å²) in [5.74, 6) is 1.24. The van der Waals surface area contributed by atoms with E-state index in [9.17, 15) is 13.2 Å². The van der Waals surface area contributed by atoms with Crippen LogP contribution in [0.5, 0.6) is 5.75 Å². The standard InChI is InChI=1S/C20H30N2O4S/c1-15-8-11-21(12-9-15)20(23)18-13-17(6-7-19(18)26-3)27(24,25)22-10-4-5-16(2)14-22/h6-7,13,15-16H,4-5,8-12,14H2,1-3H3/t16-/m0/s1. The van der Waals surface area contributed by atoms with Crippen molar-refractivity contribution in [3.8, 4) is 5.75 Å². The van der Waals surface area contributed by atoms with Crippen molar-refractivity contribution < 1.29 is 17.9 Å². The lowest BCUT2D eigenvalue weighted by Crippen LogP contribution is -2.39. The van der Waals surface area contributed by atoms with Gasteiger partial charge in [-0.1, -0.05) is 13.8 Å². The van der Waals surface area contributed by atoms with Crippen molar-refractivity contribution in [1.82, 2.24) is 9.21 Å². The van der Waals surface area contributed by atoms with Crippen molar-refractivity contribution in [3.63, 3.8) is 0 Å². The number of hydrogen-bond donors (Lipinski definition) is 0. The van der Waals surface area contributed by atoms with Crippen LogP contribution in [0.15, 0.2) is 23.1 Å². The second-order valence-electron chi connectivity index (χ2n) is 7.95. The molecule has 2 saturated heterocycles. The van der Waals surface area contributed by atoms with Crippen LogP contribution in [0, 0.1) is 11.8 Å². The zero-order chi connectivity index (χ0) is 19.6. The van der Waals surface area contributed by atoms with Gasteiger partial charge in [0.2, 0.25) is 10.0 Å². The number of benzene rings is 1. The first-order valence-electron chi connectivity index (χ1n) is 9.80. The van der Waals surface area contributed by atoms with Crippen LogP contribution in [0.2, 0.25) is 0 Å². The minimum absolute atomic E-state index is 0.150. The van der Waals surface area contributed by atoms with Gasteiger partial charge in [-0.05, 0) is 55.7 Å². The van der Waals surface area contributed by atoms with Gasteiger partial charge in [-0.3, -0.25) is 4.79 Å². The average Bonchev–Trinajstić information content (AvgIpc) is 2.67. The lowest BCUT2D eigenvalue weighted by atomic mass is 9.98. The van der Waals surface area contributed by atoms with E-state index in [1.807, 2.05) is 0 Å². The Hall–Kier alpha value is -1.60. The monoisotopic (exact) mass is 394 g/mol. The first kappa shape index (κ1) is 20.1. The van der Waals surface area contributed by atoms with Crippen LogP contribution in [0.4, 0.5) is 0 Å². The molecule has 3 rings (SSSR count). The number of sulfonamides is 1. The van der Waals surface area contributed by atoms with Crippen LogP contribution < -0.4 is 4.74 Å². The molecule has 0 aliphatic carbocycles. The fraction of sp³-hybridized carbons (Fsp3) is 0.650. The van der Waals surface area contributed by atoms with Crippen LogP contribution in [-0.4, -0.2) is 56.8 Å². The van der Waals surface area contributed by atoms with Gasteiger partial charge in [0.05, 0.1) is 17.6 Å². The summed E-state index contributed by atoms with van der Waals surface area (Å²) in [6.07, 6.45) is 3.86. The van der Waals surface area contributed by atoms with Gasteiger partial charge in [0.1, 0.15) is 5.75 Å². The van der Waals surface area contributed by atoms with Crippen molar-refractivity contribution in [1.29, 1.82) is 0 Å². The van der Waals surface area contributed by atoms with Crippen molar-refractivity contribution in [2.24, 2.45) is 11.8 Å². The summed E-state index contributed by atoms with van der Waals surface area (Å²) in [5.41, 5.74) is 0.332. The summed E-state index contributed by atoms with van der Waals surface area (Å²) in [6, 6.07) is 4.64. The molecule has 2 heterocycles. The lowest BCUT2D eigenvalue weighted by Gasteiger charge is -2.31. The maximum atomic E-state index is 13.1. The Balaban J connectivity index is 1.90. The third-order valence-corrected chi connectivity index (χ3v) is 7.59. The third kappa shape index (κ3) is 4.29. The first-order chi connectivity index (χ1) is 12.8. The molecule has 0 spiro atoms. The van der Waals surface area contributed by atoms with Crippen LogP contribution in [0.25, 0.3) is 0 Å². The minimum atomic E-state index is -3.61. The van der Waals surface area contributed by atoms with Gasteiger partial charge in [0.25, 0.3) is 5.91 Å². The Morgan fingerprint density at radius 2 is 1.78 bits per heavy atom. The number of ether oxygens (including phenoxy) is 1. The van der Waals surface area contributed by atoms with E-state index >= 15 is 0 Å². The summed E-state index contributed by atoms with van der Waals surface area (Å²) < 4.78 is 33.1. The Morgan fingerprint density at radius 1 is 1.07 bits per heavy atom. The molecule has 2 aliphatic heterocycles. The molecule has 1 aromatic rings. The smallest absolute Gasteiger partial charge is 0.257 e. The zero-order valence-corrected chi connectivity index (χ0v) is 17.3. The Labute approximate surface area is 162 Å². The molecule has 0 aromatic heterocycles. The first-order valence-corrected chi connectivity index (χ1v) is 11.2. The molecule has 0 unspecified atom stereocenters. The fourth-order valence-electron chi connectivity index (χ4n) is 3.91. The van der Waals surface area contributed by atoms with E-state index < -0.39 is 10.0 Å². The second-order valence-corrected chi connectivity index (χ2v) is 9.89. The number of likely N-dealkylation sites (tertiary alicyclic amines) is 1. The number of carbonyl (C=O) groups is 1. The second kappa shape index (κ2) is 8.19. The normalized spacial score (nSPS) is 22.6. The molecule has 0 N–H and O–H groups in total. The molecule has 150 valence electrons. The maximum absolute atomic E-state index is 13.1.